The molecule has 0 amide bonds. The van der Waals surface area contributed by atoms with Gasteiger partial charge in [0.05, 0.1) is 18.3 Å². The number of nitrogens with one attached hydrogen (secondary N) is 1. The Morgan fingerprint density at radius 2 is 2.32 bits per heavy atom. The summed E-state index contributed by atoms with van der Waals surface area (Å²) in [4.78, 5) is 22.6. The molecule has 0 unspecified atom stereocenters. The topological polar surface area (TPSA) is 59.8 Å². The summed E-state index contributed by atoms with van der Waals surface area (Å²) < 4.78 is 1.62. The van der Waals surface area contributed by atoms with Crippen LogP contribution >= 0.6 is 22.7 Å². The molecule has 5 nitrogen and oxygen atoms in total. The number of hydrogen-bond donors (Lipinski definition) is 1. The summed E-state index contributed by atoms with van der Waals surface area (Å²) in [5, 5.41) is 6.62. The smallest absolute Gasteiger partial charge is 0.262 e. The zero-order chi connectivity index (χ0) is 13.2. The highest BCUT2D eigenvalue weighted by Crippen LogP contribution is 2.19. The zero-order valence-corrected chi connectivity index (χ0v) is 11.9. The fourth-order valence-electron chi connectivity index (χ4n) is 1.79. The van der Waals surface area contributed by atoms with E-state index in [1.165, 1.54) is 11.3 Å². The summed E-state index contributed by atoms with van der Waals surface area (Å²) in [6.07, 6.45) is 3.40. The lowest BCUT2D eigenvalue weighted by atomic mass is 10.4. The predicted molar refractivity (Wildman–Crippen MR) is 79.3 cm³/mol. The average Bonchev–Trinajstić information content (AvgIpc) is 3.03. The Bertz CT molecular complexity index is 758. The lowest BCUT2D eigenvalue weighted by Crippen LogP contribution is -2.19. The maximum atomic E-state index is 12.2. The minimum absolute atomic E-state index is 0.00431. The van der Waals surface area contributed by atoms with Gasteiger partial charge in [-0.2, -0.15) is 0 Å². The quantitative estimate of drug-likeness (QED) is 0.802. The zero-order valence-electron chi connectivity index (χ0n) is 10.3. The Balaban J connectivity index is 1.91. The van der Waals surface area contributed by atoms with Crippen molar-refractivity contribution >= 4 is 38.0 Å². The van der Waals surface area contributed by atoms with E-state index >= 15 is 0 Å². The van der Waals surface area contributed by atoms with Gasteiger partial charge in [-0.3, -0.25) is 9.36 Å². The summed E-state index contributed by atoms with van der Waals surface area (Å²) in [6.45, 7) is 3.38. The molecular weight excluding hydrogens is 280 g/mol. The average molecular weight is 292 g/mol. The Morgan fingerprint density at radius 3 is 3.16 bits per heavy atom. The summed E-state index contributed by atoms with van der Waals surface area (Å²) in [5.74, 6) is 0. The Kier molecular flexibility index (Phi) is 3.31. The Morgan fingerprint density at radius 1 is 1.42 bits per heavy atom. The fraction of sp³-hybridized carbons (Fsp3) is 0.250. The van der Waals surface area contributed by atoms with Crippen molar-refractivity contribution in [1.82, 2.24) is 14.5 Å². The number of thiophene rings is 1. The van der Waals surface area contributed by atoms with Crippen LogP contribution in [0.3, 0.4) is 0 Å². The first-order valence-electron chi connectivity index (χ1n) is 5.89. The maximum Gasteiger partial charge on any atom is 0.262 e. The van der Waals surface area contributed by atoms with E-state index in [2.05, 4.69) is 15.3 Å². The van der Waals surface area contributed by atoms with Crippen molar-refractivity contribution < 1.29 is 0 Å². The van der Waals surface area contributed by atoms with Gasteiger partial charge in [0.15, 0.2) is 5.13 Å². The summed E-state index contributed by atoms with van der Waals surface area (Å²) >= 11 is 3.04. The second-order valence-electron chi connectivity index (χ2n) is 3.98. The molecule has 0 bridgehead atoms. The third kappa shape index (κ3) is 2.39. The molecule has 0 saturated heterocycles. The van der Waals surface area contributed by atoms with E-state index in [-0.39, 0.29) is 5.56 Å². The first kappa shape index (κ1) is 12.3. The van der Waals surface area contributed by atoms with Crippen LogP contribution in [-0.4, -0.2) is 21.1 Å². The Hall–Kier alpha value is -1.73. The van der Waals surface area contributed by atoms with Crippen LogP contribution in [0.1, 0.15) is 11.8 Å². The number of fused-ring (bicyclic) bond motifs is 1. The molecule has 0 atom stereocenters. The van der Waals surface area contributed by atoms with Gasteiger partial charge in [0.25, 0.3) is 5.56 Å². The first-order chi connectivity index (χ1) is 9.28. The summed E-state index contributed by atoms with van der Waals surface area (Å²) in [5.41, 5.74) is 0.00431. The second-order valence-corrected chi connectivity index (χ2v) is 5.99. The molecule has 0 radical (unpaired) electrons. The van der Waals surface area contributed by atoms with Crippen molar-refractivity contribution in [2.45, 2.75) is 13.5 Å². The van der Waals surface area contributed by atoms with Gasteiger partial charge < -0.3 is 5.32 Å². The van der Waals surface area contributed by atoms with Crippen LogP contribution in [0.25, 0.3) is 10.2 Å². The molecular formula is C12H12N4OS2. The molecule has 98 valence electrons. The number of anilines is 1. The van der Waals surface area contributed by atoms with Gasteiger partial charge >= 0.3 is 0 Å². The highest BCUT2D eigenvalue weighted by atomic mass is 32.1. The van der Waals surface area contributed by atoms with Crippen LogP contribution in [-0.2, 0) is 6.54 Å². The van der Waals surface area contributed by atoms with Gasteiger partial charge in [-0.1, -0.05) is 0 Å². The molecule has 0 spiro atoms. The molecule has 0 aliphatic carbocycles. The molecule has 0 fully saturated rings. The molecule has 7 heteroatoms. The molecule has 3 aromatic heterocycles. The third-order valence-corrected chi connectivity index (χ3v) is 4.42. The lowest BCUT2D eigenvalue weighted by Gasteiger charge is -2.02. The highest BCUT2D eigenvalue weighted by molar-refractivity contribution is 7.16. The standard InChI is InChI=1S/C12H12N4OS2/c1-2-13-12-14-5-8(19-12)6-16-7-15-10-9(11(16)17)3-4-18-10/h3-5,7H,2,6H2,1H3,(H,13,14). The third-order valence-electron chi connectivity index (χ3n) is 2.66. The van der Waals surface area contributed by atoms with Crippen molar-refractivity contribution in [3.05, 3.63) is 39.2 Å². The van der Waals surface area contributed by atoms with Crippen LogP contribution < -0.4 is 10.9 Å². The highest BCUT2D eigenvalue weighted by Gasteiger charge is 2.07. The summed E-state index contributed by atoms with van der Waals surface area (Å²) in [7, 11) is 0. The number of hydrogen-bond acceptors (Lipinski definition) is 6. The van der Waals surface area contributed by atoms with E-state index in [0.717, 1.165) is 21.4 Å². The van der Waals surface area contributed by atoms with Gasteiger partial charge in [-0.25, -0.2) is 9.97 Å². The van der Waals surface area contributed by atoms with Crippen LogP contribution in [0, 0.1) is 0 Å². The fourth-order valence-corrected chi connectivity index (χ4v) is 3.39. The van der Waals surface area contributed by atoms with Crippen molar-refractivity contribution in [2.75, 3.05) is 11.9 Å². The number of thiazole rings is 1. The first-order valence-corrected chi connectivity index (χ1v) is 7.58. The van der Waals surface area contributed by atoms with Gasteiger partial charge in [-0.05, 0) is 18.4 Å². The van der Waals surface area contributed by atoms with Crippen LogP contribution in [0.5, 0.6) is 0 Å². The van der Waals surface area contributed by atoms with E-state index in [4.69, 9.17) is 0 Å². The number of rotatable bonds is 4. The lowest BCUT2D eigenvalue weighted by molar-refractivity contribution is 0.758. The van der Waals surface area contributed by atoms with E-state index < -0.39 is 0 Å². The van der Waals surface area contributed by atoms with E-state index in [0.29, 0.717) is 11.9 Å². The summed E-state index contributed by atoms with van der Waals surface area (Å²) in [6, 6.07) is 1.82. The minimum Gasteiger partial charge on any atom is -0.362 e. The molecule has 3 heterocycles. The van der Waals surface area contributed by atoms with Gasteiger partial charge in [0.1, 0.15) is 4.83 Å². The monoisotopic (exact) mass is 292 g/mol. The molecule has 3 aromatic rings. The molecule has 3 rings (SSSR count). The van der Waals surface area contributed by atoms with Crippen LogP contribution in [0.4, 0.5) is 5.13 Å². The molecule has 19 heavy (non-hydrogen) atoms. The normalized spacial score (nSPS) is 11.0. The Labute approximate surface area is 117 Å². The second kappa shape index (κ2) is 5.10. The molecule has 0 saturated carbocycles. The number of aromatic nitrogens is 3. The molecule has 0 aliphatic heterocycles. The number of nitrogens with zero attached hydrogens (tertiary/aromatic N) is 3. The van der Waals surface area contributed by atoms with E-state index in [1.54, 1.807) is 28.4 Å². The maximum absolute atomic E-state index is 12.2. The van der Waals surface area contributed by atoms with E-state index in [9.17, 15) is 4.79 Å². The predicted octanol–water partition coefficient (Wildman–Crippen LogP) is 2.39. The SMILES string of the molecule is CCNc1ncc(Cn2cnc3sccc3c2=O)s1. The molecule has 1 N–H and O–H groups in total. The van der Waals surface area contributed by atoms with Crippen molar-refractivity contribution in [3.8, 4) is 0 Å². The van der Waals surface area contributed by atoms with Crippen LogP contribution in [0.2, 0.25) is 0 Å². The van der Waals surface area contributed by atoms with Gasteiger partial charge in [0, 0.05) is 17.6 Å². The van der Waals surface area contributed by atoms with Crippen LogP contribution in [0.15, 0.2) is 28.8 Å². The van der Waals surface area contributed by atoms with Crippen molar-refractivity contribution in [1.29, 1.82) is 0 Å². The van der Waals surface area contributed by atoms with Crippen molar-refractivity contribution in [3.63, 3.8) is 0 Å². The van der Waals surface area contributed by atoms with Gasteiger partial charge in [0.2, 0.25) is 0 Å². The van der Waals surface area contributed by atoms with Gasteiger partial charge in [-0.15, -0.1) is 22.7 Å². The largest absolute Gasteiger partial charge is 0.362 e. The van der Waals surface area contributed by atoms with E-state index in [1.807, 2.05) is 18.4 Å². The van der Waals surface area contributed by atoms with Crippen molar-refractivity contribution in [2.24, 2.45) is 0 Å². The molecule has 0 aromatic carbocycles. The molecule has 0 aliphatic rings. The minimum atomic E-state index is 0.00431.